The Morgan fingerprint density at radius 2 is 2.00 bits per heavy atom. The highest BCUT2D eigenvalue weighted by atomic mass is 79.9. The Kier molecular flexibility index (Phi) is 6.63. The molecule has 0 atom stereocenters. The standard InChI is InChI=1S/C21H16BrFN2O4S/c1-3-8-29-18-11-14(22)12(10-17(18)28-2)9-13-19(26)24-21(30)25(20(13)27)16-7-5-4-6-15(16)23/h3-7,9-11H,1,8H2,2H3,(H,24,26,30)/b13-9+. The van der Waals surface area contributed by atoms with Gasteiger partial charge in [0, 0.05) is 4.47 Å². The lowest BCUT2D eigenvalue weighted by Crippen LogP contribution is -2.54. The molecule has 0 aromatic heterocycles. The SMILES string of the molecule is C=CCOc1cc(Br)c(/C=C2\C(=O)NC(=S)N(c3ccccc3F)C2=O)cc1OC. The molecule has 1 aliphatic rings. The van der Waals surface area contributed by atoms with Gasteiger partial charge in [-0.2, -0.15) is 0 Å². The highest BCUT2D eigenvalue weighted by Crippen LogP contribution is 2.35. The van der Waals surface area contributed by atoms with Gasteiger partial charge >= 0.3 is 0 Å². The molecule has 2 aromatic carbocycles. The number of anilines is 1. The summed E-state index contributed by atoms with van der Waals surface area (Å²) in [7, 11) is 1.47. The van der Waals surface area contributed by atoms with Crippen LogP contribution in [0.5, 0.6) is 11.5 Å². The number of amides is 2. The Balaban J connectivity index is 2.04. The number of hydrogen-bond acceptors (Lipinski definition) is 5. The van der Waals surface area contributed by atoms with Gasteiger partial charge in [0.25, 0.3) is 11.8 Å². The van der Waals surface area contributed by atoms with E-state index in [1.807, 2.05) is 0 Å². The zero-order chi connectivity index (χ0) is 21.8. The van der Waals surface area contributed by atoms with E-state index >= 15 is 0 Å². The number of nitrogens with one attached hydrogen (secondary N) is 1. The normalized spacial score (nSPS) is 15.2. The van der Waals surface area contributed by atoms with E-state index < -0.39 is 17.6 Å². The number of halogens is 2. The summed E-state index contributed by atoms with van der Waals surface area (Å²) >= 11 is 8.49. The molecule has 2 amide bonds. The Morgan fingerprint density at radius 3 is 2.67 bits per heavy atom. The van der Waals surface area contributed by atoms with Gasteiger partial charge in [0.1, 0.15) is 18.0 Å². The second kappa shape index (κ2) is 9.19. The highest BCUT2D eigenvalue weighted by molar-refractivity contribution is 9.10. The number of thiocarbonyl (C=S) groups is 1. The molecule has 6 nitrogen and oxygen atoms in total. The molecule has 9 heteroatoms. The molecular formula is C21H16BrFN2O4S. The van der Waals surface area contributed by atoms with E-state index in [0.717, 1.165) is 4.90 Å². The highest BCUT2D eigenvalue weighted by Gasteiger charge is 2.35. The largest absolute Gasteiger partial charge is 0.493 e. The zero-order valence-electron chi connectivity index (χ0n) is 15.8. The predicted molar refractivity (Wildman–Crippen MR) is 119 cm³/mol. The number of carbonyl (C=O) groups excluding carboxylic acids is 2. The van der Waals surface area contributed by atoms with Crippen molar-refractivity contribution < 1.29 is 23.5 Å². The zero-order valence-corrected chi connectivity index (χ0v) is 18.2. The van der Waals surface area contributed by atoms with Crippen molar-refractivity contribution in [3.05, 3.63) is 70.5 Å². The van der Waals surface area contributed by atoms with Crippen LogP contribution in [-0.4, -0.2) is 30.6 Å². The number of carbonyl (C=O) groups is 2. The quantitative estimate of drug-likeness (QED) is 0.287. The molecule has 30 heavy (non-hydrogen) atoms. The van der Waals surface area contributed by atoms with E-state index in [1.165, 1.54) is 31.4 Å². The average Bonchev–Trinajstić information content (AvgIpc) is 2.71. The van der Waals surface area contributed by atoms with Gasteiger partial charge < -0.3 is 9.47 Å². The van der Waals surface area contributed by atoms with Crippen molar-refractivity contribution in [3.63, 3.8) is 0 Å². The van der Waals surface area contributed by atoms with Crippen LogP contribution in [-0.2, 0) is 9.59 Å². The third kappa shape index (κ3) is 4.27. The van der Waals surface area contributed by atoms with Crippen molar-refractivity contribution in [1.29, 1.82) is 0 Å². The van der Waals surface area contributed by atoms with E-state index in [4.69, 9.17) is 21.7 Å². The van der Waals surface area contributed by atoms with Crippen LogP contribution in [0.15, 0.2) is 59.1 Å². The molecule has 1 saturated heterocycles. The number of para-hydroxylation sites is 1. The first kappa shape index (κ1) is 21.7. The number of methoxy groups -OCH3 is 1. The summed E-state index contributed by atoms with van der Waals surface area (Å²) in [4.78, 5) is 26.5. The Labute approximate surface area is 186 Å². The summed E-state index contributed by atoms with van der Waals surface area (Å²) in [6.07, 6.45) is 2.96. The number of hydrogen-bond donors (Lipinski definition) is 1. The first-order chi connectivity index (χ1) is 14.4. The third-order valence-corrected chi connectivity index (χ3v) is 5.11. The monoisotopic (exact) mass is 490 g/mol. The van der Waals surface area contributed by atoms with E-state index in [1.54, 1.807) is 24.3 Å². The van der Waals surface area contributed by atoms with E-state index in [0.29, 0.717) is 21.5 Å². The summed E-state index contributed by atoms with van der Waals surface area (Å²) in [5, 5.41) is 2.23. The van der Waals surface area contributed by atoms with E-state index in [2.05, 4.69) is 27.8 Å². The van der Waals surface area contributed by atoms with Gasteiger partial charge in [0.15, 0.2) is 16.6 Å². The maximum Gasteiger partial charge on any atom is 0.270 e. The van der Waals surface area contributed by atoms with Gasteiger partial charge in [-0.05, 0) is 48.1 Å². The van der Waals surface area contributed by atoms with E-state index in [9.17, 15) is 14.0 Å². The van der Waals surface area contributed by atoms with Gasteiger partial charge in [-0.3, -0.25) is 14.9 Å². The van der Waals surface area contributed by atoms with Gasteiger partial charge in [-0.25, -0.2) is 9.29 Å². The van der Waals surface area contributed by atoms with Gasteiger partial charge in [0.2, 0.25) is 0 Å². The summed E-state index contributed by atoms with van der Waals surface area (Å²) < 4.78 is 25.7. The fourth-order valence-electron chi connectivity index (χ4n) is 2.75. The lowest BCUT2D eigenvalue weighted by molar-refractivity contribution is -0.122. The van der Waals surface area contributed by atoms with Crippen LogP contribution in [0.3, 0.4) is 0 Å². The summed E-state index contributed by atoms with van der Waals surface area (Å²) in [6, 6.07) is 8.92. The lowest BCUT2D eigenvalue weighted by atomic mass is 10.1. The summed E-state index contributed by atoms with van der Waals surface area (Å²) in [6.45, 7) is 3.88. The molecule has 1 N–H and O–H groups in total. The number of rotatable bonds is 6. The Morgan fingerprint density at radius 1 is 1.27 bits per heavy atom. The molecule has 0 bridgehead atoms. The molecule has 0 saturated carbocycles. The fraction of sp³-hybridized carbons (Fsp3) is 0.0952. The molecule has 1 fully saturated rings. The minimum absolute atomic E-state index is 0.0526. The maximum absolute atomic E-state index is 14.3. The lowest BCUT2D eigenvalue weighted by Gasteiger charge is -2.29. The molecule has 0 aliphatic carbocycles. The average molecular weight is 491 g/mol. The van der Waals surface area contributed by atoms with Crippen LogP contribution in [0.1, 0.15) is 5.56 Å². The predicted octanol–water partition coefficient (Wildman–Crippen LogP) is 3.99. The number of nitrogens with zero attached hydrogens (tertiary/aromatic N) is 1. The molecule has 154 valence electrons. The van der Waals surface area contributed by atoms with Crippen LogP contribution in [0, 0.1) is 5.82 Å². The fourth-order valence-corrected chi connectivity index (χ4v) is 3.46. The van der Waals surface area contributed by atoms with Crippen LogP contribution >= 0.6 is 28.1 Å². The second-order valence-corrected chi connectivity index (χ2v) is 7.27. The van der Waals surface area contributed by atoms with Crippen molar-refractivity contribution in [3.8, 4) is 11.5 Å². The Hall–Kier alpha value is -3.04. The molecular weight excluding hydrogens is 475 g/mol. The molecule has 0 radical (unpaired) electrons. The topological polar surface area (TPSA) is 67.9 Å². The first-order valence-electron chi connectivity index (χ1n) is 8.64. The number of benzene rings is 2. The third-order valence-electron chi connectivity index (χ3n) is 4.13. The second-order valence-electron chi connectivity index (χ2n) is 6.03. The van der Waals surface area contributed by atoms with Crippen LogP contribution in [0.25, 0.3) is 6.08 Å². The minimum atomic E-state index is -0.744. The van der Waals surface area contributed by atoms with Crippen molar-refractivity contribution >= 4 is 56.8 Å². The molecule has 1 heterocycles. The molecule has 2 aromatic rings. The van der Waals surface area contributed by atoms with Gasteiger partial charge in [0.05, 0.1) is 12.8 Å². The smallest absolute Gasteiger partial charge is 0.270 e. The van der Waals surface area contributed by atoms with E-state index in [-0.39, 0.29) is 23.0 Å². The molecule has 1 aliphatic heterocycles. The van der Waals surface area contributed by atoms with Gasteiger partial charge in [-0.15, -0.1) is 0 Å². The molecule has 0 unspecified atom stereocenters. The minimum Gasteiger partial charge on any atom is -0.493 e. The van der Waals surface area contributed by atoms with Crippen LogP contribution in [0.4, 0.5) is 10.1 Å². The van der Waals surface area contributed by atoms with Crippen molar-refractivity contribution in [2.24, 2.45) is 0 Å². The molecule has 3 rings (SSSR count). The van der Waals surface area contributed by atoms with Crippen LogP contribution in [0.2, 0.25) is 0 Å². The summed E-state index contributed by atoms with van der Waals surface area (Å²) in [5.41, 5.74) is 0.218. The van der Waals surface area contributed by atoms with Crippen LogP contribution < -0.4 is 19.7 Å². The maximum atomic E-state index is 14.3. The van der Waals surface area contributed by atoms with Crippen molar-refractivity contribution in [2.75, 3.05) is 18.6 Å². The molecule has 0 spiro atoms. The Bertz CT molecular complexity index is 1090. The summed E-state index contributed by atoms with van der Waals surface area (Å²) in [5.74, 6) is -1.21. The first-order valence-corrected chi connectivity index (χ1v) is 9.84. The number of ether oxygens (including phenoxy) is 2. The van der Waals surface area contributed by atoms with Gasteiger partial charge in [-0.1, -0.05) is 40.7 Å². The van der Waals surface area contributed by atoms with Crippen molar-refractivity contribution in [2.45, 2.75) is 0 Å². The van der Waals surface area contributed by atoms with Crippen molar-refractivity contribution in [1.82, 2.24) is 5.32 Å².